The lowest BCUT2D eigenvalue weighted by atomic mass is 9.88. The van der Waals surface area contributed by atoms with Gasteiger partial charge >= 0.3 is 0 Å². The maximum atomic E-state index is 5.73. The topological polar surface area (TPSA) is 21.3 Å². The number of rotatable bonds is 6. The van der Waals surface area contributed by atoms with Gasteiger partial charge < -0.3 is 10.1 Å². The van der Waals surface area contributed by atoms with Crippen LogP contribution in [0.3, 0.4) is 0 Å². The van der Waals surface area contributed by atoms with Gasteiger partial charge in [-0.15, -0.1) is 12.3 Å². The van der Waals surface area contributed by atoms with Crippen molar-refractivity contribution in [3.05, 3.63) is 0 Å². The third kappa shape index (κ3) is 3.52. The van der Waals surface area contributed by atoms with Crippen LogP contribution in [-0.4, -0.2) is 25.3 Å². The molecule has 86 valence electrons. The molecular weight excluding hydrogens is 186 g/mol. The van der Waals surface area contributed by atoms with Crippen LogP contribution in [0.15, 0.2) is 0 Å². The van der Waals surface area contributed by atoms with Gasteiger partial charge in [0.25, 0.3) is 0 Å². The van der Waals surface area contributed by atoms with Gasteiger partial charge in [-0.05, 0) is 25.8 Å². The summed E-state index contributed by atoms with van der Waals surface area (Å²) in [7, 11) is 0. The van der Waals surface area contributed by atoms with Crippen LogP contribution in [-0.2, 0) is 4.74 Å². The molecule has 0 aromatic carbocycles. The summed E-state index contributed by atoms with van der Waals surface area (Å²) >= 11 is 0. The summed E-state index contributed by atoms with van der Waals surface area (Å²) in [6, 6.07) is 0.540. The highest BCUT2D eigenvalue weighted by Crippen LogP contribution is 2.28. The highest BCUT2D eigenvalue weighted by Gasteiger charge is 2.32. The fraction of sp³-hybridized carbons (Fsp3) is 0.846. The van der Waals surface area contributed by atoms with Crippen molar-refractivity contribution < 1.29 is 4.74 Å². The molecule has 1 fully saturated rings. The summed E-state index contributed by atoms with van der Waals surface area (Å²) in [6.45, 7) is 6.29. The highest BCUT2D eigenvalue weighted by molar-refractivity contribution is 4.91. The van der Waals surface area contributed by atoms with E-state index in [2.05, 4.69) is 25.1 Å². The molecule has 2 heteroatoms. The lowest BCUT2D eigenvalue weighted by molar-refractivity contribution is 0.0768. The van der Waals surface area contributed by atoms with Gasteiger partial charge in [0.05, 0.1) is 6.10 Å². The SMILES string of the molecule is C#CCCC(NCC)C1CCOC1CC. The monoisotopic (exact) mass is 209 g/mol. The van der Waals surface area contributed by atoms with Gasteiger partial charge in [0.1, 0.15) is 0 Å². The maximum absolute atomic E-state index is 5.73. The van der Waals surface area contributed by atoms with Gasteiger partial charge in [0.15, 0.2) is 0 Å². The summed E-state index contributed by atoms with van der Waals surface area (Å²) in [4.78, 5) is 0. The first kappa shape index (κ1) is 12.5. The summed E-state index contributed by atoms with van der Waals surface area (Å²) in [5.74, 6) is 3.39. The molecule has 3 unspecified atom stereocenters. The van der Waals surface area contributed by atoms with Crippen LogP contribution >= 0.6 is 0 Å². The largest absolute Gasteiger partial charge is 0.378 e. The number of ether oxygens (including phenoxy) is 1. The zero-order valence-corrected chi connectivity index (χ0v) is 9.96. The molecular formula is C13H23NO. The first-order chi connectivity index (χ1) is 7.33. The summed E-state index contributed by atoms with van der Waals surface area (Å²) in [5.41, 5.74) is 0. The Morgan fingerprint density at radius 3 is 2.93 bits per heavy atom. The smallest absolute Gasteiger partial charge is 0.0616 e. The predicted octanol–water partition coefficient (Wildman–Crippen LogP) is 2.19. The molecule has 0 aromatic heterocycles. The van der Waals surface area contributed by atoms with Gasteiger partial charge in [-0.2, -0.15) is 0 Å². The van der Waals surface area contributed by atoms with Crippen molar-refractivity contribution in [3.63, 3.8) is 0 Å². The molecule has 0 amide bonds. The molecule has 1 saturated heterocycles. The number of hydrogen-bond acceptors (Lipinski definition) is 2. The van der Waals surface area contributed by atoms with E-state index < -0.39 is 0 Å². The molecule has 1 rings (SSSR count). The number of nitrogens with one attached hydrogen (secondary N) is 1. The number of terminal acetylenes is 1. The van der Waals surface area contributed by atoms with Gasteiger partial charge in [0.2, 0.25) is 0 Å². The average Bonchev–Trinajstić information content (AvgIpc) is 2.72. The fourth-order valence-electron chi connectivity index (χ4n) is 2.51. The van der Waals surface area contributed by atoms with E-state index in [9.17, 15) is 0 Å². The Labute approximate surface area is 93.8 Å². The van der Waals surface area contributed by atoms with E-state index in [-0.39, 0.29) is 0 Å². The van der Waals surface area contributed by atoms with Crippen molar-refractivity contribution in [2.45, 2.75) is 51.7 Å². The van der Waals surface area contributed by atoms with E-state index in [1.54, 1.807) is 0 Å². The minimum Gasteiger partial charge on any atom is -0.378 e. The van der Waals surface area contributed by atoms with E-state index in [0.717, 1.165) is 32.4 Å². The summed E-state index contributed by atoms with van der Waals surface area (Å²) < 4.78 is 5.73. The predicted molar refractivity (Wildman–Crippen MR) is 63.7 cm³/mol. The molecule has 0 spiro atoms. The average molecular weight is 209 g/mol. The zero-order chi connectivity index (χ0) is 11.1. The normalized spacial score (nSPS) is 27.5. The lowest BCUT2D eigenvalue weighted by Crippen LogP contribution is -2.39. The van der Waals surface area contributed by atoms with Gasteiger partial charge in [-0.25, -0.2) is 0 Å². The van der Waals surface area contributed by atoms with Crippen LogP contribution in [0.25, 0.3) is 0 Å². The second-order valence-electron chi connectivity index (χ2n) is 4.18. The quantitative estimate of drug-likeness (QED) is 0.677. The van der Waals surface area contributed by atoms with Crippen LogP contribution in [0.4, 0.5) is 0 Å². The van der Waals surface area contributed by atoms with Crippen molar-refractivity contribution in [2.24, 2.45) is 5.92 Å². The second kappa shape index (κ2) is 6.87. The second-order valence-corrected chi connectivity index (χ2v) is 4.18. The van der Waals surface area contributed by atoms with Gasteiger partial charge in [-0.3, -0.25) is 0 Å². The molecule has 0 saturated carbocycles. The van der Waals surface area contributed by atoms with E-state index in [1.807, 2.05) is 0 Å². The van der Waals surface area contributed by atoms with Crippen molar-refractivity contribution in [1.82, 2.24) is 5.32 Å². The molecule has 0 radical (unpaired) electrons. The molecule has 15 heavy (non-hydrogen) atoms. The Hall–Kier alpha value is -0.520. The van der Waals surface area contributed by atoms with Crippen molar-refractivity contribution in [2.75, 3.05) is 13.2 Å². The molecule has 0 aliphatic carbocycles. The lowest BCUT2D eigenvalue weighted by Gasteiger charge is -2.27. The Bertz CT molecular complexity index is 209. The molecule has 3 atom stereocenters. The first-order valence-electron chi connectivity index (χ1n) is 6.11. The van der Waals surface area contributed by atoms with Gasteiger partial charge in [-0.1, -0.05) is 13.8 Å². The molecule has 1 N–H and O–H groups in total. The molecule has 1 heterocycles. The first-order valence-corrected chi connectivity index (χ1v) is 6.11. The summed E-state index contributed by atoms with van der Waals surface area (Å²) in [5, 5.41) is 3.55. The Morgan fingerprint density at radius 2 is 2.33 bits per heavy atom. The minimum atomic E-state index is 0.437. The van der Waals surface area contributed by atoms with Crippen LogP contribution in [0.5, 0.6) is 0 Å². The van der Waals surface area contributed by atoms with Gasteiger partial charge in [0, 0.05) is 25.0 Å². The molecule has 1 aliphatic rings. The minimum absolute atomic E-state index is 0.437. The van der Waals surface area contributed by atoms with Crippen LogP contribution in [0.1, 0.15) is 39.5 Å². The zero-order valence-electron chi connectivity index (χ0n) is 9.96. The van der Waals surface area contributed by atoms with Crippen LogP contribution in [0.2, 0.25) is 0 Å². The Morgan fingerprint density at radius 1 is 1.53 bits per heavy atom. The van der Waals surface area contributed by atoms with E-state index in [0.29, 0.717) is 18.1 Å². The molecule has 2 nitrogen and oxygen atoms in total. The highest BCUT2D eigenvalue weighted by atomic mass is 16.5. The third-order valence-electron chi connectivity index (χ3n) is 3.25. The Balaban J connectivity index is 2.49. The van der Waals surface area contributed by atoms with E-state index in [4.69, 9.17) is 11.2 Å². The Kier molecular flexibility index (Phi) is 5.75. The fourth-order valence-corrected chi connectivity index (χ4v) is 2.51. The maximum Gasteiger partial charge on any atom is 0.0616 e. The summed E-state index contributed by atoms with van der Waals surface area (Å²) in [6.07, 6.45) is 10.0. The van der Waals surface area contributed by atoms with E-state index in [1.165, 1.54) is 6.42 Å². The van der Waals surface area contributed by atoms with E-state index >= 15 is 0 Å². The molecule has 1 aliphatic heterocycles. The third-order valence-corrected chi connectivity index (χ3v) is 3.25. The standard InChI is InChI=1S/C13H23NO/c1-4-7-8-12(14-6-3)11-9-10-15-13(11)5-2/h1,11-14H,5-10H2,2-3H3. The van der Waals surface area contributed by atoms with Crippen molar-refractivity contribution in [1.29, 1.82) is 0 Å². The molecule has 0 bridgehead atoms. The number of hydrogen-bond donors (Lipinski definition) is 1. The van der Waals surface area contributed by atoms with Crippen LogP contribution in [0, 0.1) is 18.3 Å². The van der Waals surface area contributed by atoms with Crippen LogP contribution < -0.4 is 5.32 Å². The van der Waals surface area contributed by atoms with Crippen molar-refractivity contribution in [3.8, 4) is 12.3 Å². The van der Waals surface area contributed by atoms with Crippen molar-refractivity contribution >= 4 is 0 Å². The molecule has 0 aromatic rings.